The smallest absolute Gasteiger partial charge is 0.316 e. The van der Waals surface area contributed by atoms with E-state index in [-0.39, 0.29) is 0 Å². The molecule has 2 aliphatic heterocycles. The SMILES string of the molecule is CCCC(S[C@H]1[C@@H](O)[C@@H](CO)O[C@@H](O[C@H]2[C@H](O)[C@@H](O)[C@H](OC)O[C@@H]2CO)[C@@H]1O)C(=O)O. The van der Waals surface area contributed by atoms with Gasteiger partial charge in [-0.15, -0.1) is 11.8 Å². The van der Waals surface area contributed by atoms with Crippen molar-refractivity contribution in [3.8, 4) is 0 Å². The summed E-state index contributed by atoms with van der Waals surface area (Å²) < 4.78 is 21.3. The van der Waals surface area contributed by atoms with E-state index in [0.717, 1.165) is 11.8 Å². The fourth-order valence-corrected chi connectivity index (χ4v) is 5.09. The van der Waals surface area contributed by atoms with Crippen molar-refractivity contribution in [2.45, 2.75) is 85.6 Å². The summed E-state index contributed by atoms with van der Waals surface area (Å²) in [4.78, 5) is 11.5. The molecule has 2 saturated heterocycles. The summed E-state index contributed by atoms with van der Waals surface area (Å²) in [7, 11) is 1.24. The Morgan fingerprint density at radius 3 is 2.10 bits per heavy atom. The Bertz CT molecular complexity index is 566. The minimum atomic E-state index is -1.58. The third-order valence-corrected chi connectivity index (χ3v) is 6.95. The number of carbonyl (C=O) groups is 1. The van der Waals surface area contributed by atoms with Gasteiger partial charge in [0.15, 0.2) is 12.6 Å². The molecule has 2 fully saturated rings. The van der Waals surface area contributed by atoms with Gasteiger partial charge >= 0.3 is 5.97 Å². The summed E-state index contributed by atoms with van der Waals surface area (Å²) in [6.07, 6.45) is -11.6. The van der Waals surface area contributed by atoms with Crippen LogP contribution in [0.15, 0.2) is 0 Å². The van der Waals surface area contributed by atoms with E-state index in [1.807, 2.05) is 0 Å². The number of thioether (sulfide) groups is 1. The number of carboxylic acids is 1. The highest BCUT2D eigenvalue weighted by molar-refractivity contribution is 8.01. The van der Waals surface area contributed by atoms with Crippen LogP contribution in [0, 0.1) is 0 Å². The second-order valence-electron chi connectivity index (χ2n) is 7.47. The predicted molar refractivity (Wildman–Crippen MR) is 105 cm³/mol. The van der Waals surface area contributed by atoms with Crippen LogP contribution in [0.1, 0.15) is 19.8 Å². The molecular formula is C18H32O12S. The van der Waals surface area contributed by atoms with Crippen LogP contribution in [-0.4, -0.2) is 128 Å². The highest BCUT2D eigenvalue weighted by atomic mass is 32.2. The van der Waals surface area contributed by atoms with Crippen LogP contribution in [0.4, 0.5) is 0 Å². The van der Waals surface area contributed by atoms with E-state index in [9.17, 15) is 40.5 Å². The Balaban J connectivity index is 2.21. The first-order valence-corrected chi connectivity index (χ1v) is 11.0. The van der Waals surface area contributed by atoms with Crippen LogP contribution in [0.2, 0.25) is 0 Å². The van der Waals surface area contributed by atoms with Crippen LogP contribution >= 0.6 is 11.8 Å². The number of hydrogen-bond donors (Lipinski definition) is 7. The molecule has 0 aliphatic carbocycles. The van der Waals surface area contributed by atoms with Gasteiger partial charge in [-0.2, -0.15) is 0 Å². The molecular weight excluding hydrogens is 440 g/mol. The van der Waals surface area contributed by atoms with E-state index in [1.165, 1.54) is 7.11 Å². The summed E-state index contributed by atoms with van der Waals surface area (Å²) >= 11 is 0.828. The Morgan fingerprint density at radius 2 is 1.58 bits per heavy atom. The maximum atomic E-state index is 11.5. The van der Waals surface area contributed by atoms with Crippen LogP contribution in [0.25, 0.3) is 0 Å². The Hall–Kier alpha value is -0.580. The quantitative estimate of drug-likeness (QED) is 0.173. The predicted octanol–water partition coefficient (Wildman–Crippen LogP) is -2.75. The fraction of sp³-hybridized carbons (Fsp3) is 0.944. The molecule has 0 bridgehead atoms. The van der Waals surface area contributed by atoms with Crippen molar-refractivity contribution in [2.75, 3.05) is 20.3 Å². The third kappa shape index (κ3) is 6.06. The molecule has 11 atom stereocenters. The monoisotopic (exact) mass is 472 g/mol. The molecule has 0 spiro atoms. The van der Waals surface area contributed by atoms with Crippen molar-refractivity contribution >= 4 is 17.7 Å². The van der Waals surface area contributed by atoms with E-state index in [2.05, 4.69) is 0 Å². The van der Waals surface area contributed by atoms with Gasteiger partial charge in [-0.25, -0.2) is 0 Å². The second-order valence-corrected chi connectivity index (χ2v) is 8.85. The number of aliphatic hydroxyl groups is 6. The van der Waals surface area contributed by atoms with Gasteiger partial charge < -0.3 is 54.7 Å². The zero-order valence-corrected chi connectivity index (χ0v) is 18.1. The molecule has 2 rings (SSSR count). The highest BCUT2D eigenvalue weighted by Crippen LogP contribution is 2.36. The lowest BCUT2D eigenvalue weighted by Crippen LogP contribution is -2.64. The van der Waals surface area contributed by atoms with Crippen molar-refractivity contribution in [3.05, 3.63) is 0 Å². The molecule has 13 heteroatoms. The molecule has 0 aromatic rings. The van der Waals surface area contributed by atoms with Gasteiger partial charge in [0.2, 0.25) is 0 Å². The lowest BCUT2D eigenvalue weighted by atomic mass is 9.98. The number of methoxy groups -OCH3 is 1. The van der Waals surface area contributed by atoms with E-state index in [4.69, 9.17) is 18.9 Å². The largest absolute Gasteiger partial charge is 0.480 e. The Morgan fingerprint density at radius 1 is 0.968 bits per heavy atom. The zero-order chi connectivity index (χ0) is 23.3. The minimum absolute atomic E-state index is 0.290. The molecule has 0 amide bonds. The molecule has 0 saturated carbocycles. The summed E-state index contributed by atoms with van der Waals surface area (Å²) in [5.41, 5.74) is 0. The van der Waals surface area contributed by atoms with Gasteiger partial charge in [0, 0.05) is 7.11 Å². The molecule has 182 valence electrons. The minimum Gasteiger partial charge on any atom is -0.480 e. The Kier molecular flexibility index (Phi) is 10.4. The molecule has 0 aromatic heterocycles. The van der Waals surface area contributed by atoms with Gasteiger partial charge in [0.05, 0.1) is 24.6 Å². The molecule has 31 heavy (non-hydrogen) atoms. The zero-order valence-electron chi connectivity index (χ0n) is 17.3. The number of aliphatic hydroxyl groups excluding tert-OH is 6. The number of ether oxygens (including phenoxy) is 4. The summed E-state index contributed by atoms with van der Waals surface area (Å²) in [5.74, 6) is -1.11. The molecule has 12 nitrogen and oxygen atoms in total. The lowest BCUT2D eigenvalue weighted by molar-refractivity contribution is -0.345. The number of rotatable bonds is 10. The van der Waals surface area contributed by atoms with Gasteiger partial charge in [0.1, 0.15) is 41.9 Å². The average Bonchev–Trinajstić information content (AvgIpc) is 2.75. The molecule has 7 N–H and O–H groups in total. The first-order valence-electron chi connectivity index (χ1n) is 10.0. The fourth-order valence-electron chi connectivity index (χ4n) is 3.60. The molecule has 1 unspecified atom stereocenters. The summed E-state index contributed by atoms with van der Waals surface area (Å²) in [6.45, 7) is 0.546. The van der Waals surface area contributed by atoms with Crippen molar-refractivity contribution in [2.24, 2.45) is 0 Å². The highest BCUT2D eigenvalue weighted by Gasteiger charge is 2.51. The summed E-state index contributed by atoms with van der Waals surface area (Å²) in [6, 6.07) is 0. The standard InChI is InChI=1S/C18H32O12S/c1-3-4-9(16(25)26)31-15-10(21)7(5-19)28-18(13(15)24)30-14-8(6-20)29-17(27-2)12(23)11(14)22/h7-15,17-24H,3-6H2,1-2H3,(H,25,26)/t7-,8-,9?,10+,11-,12-,13-,14-,15+,17-,18+/m1/s1. The maximum Gasteiger partial charge on any atom is 0.316 e. The van der Waals surface area contributed by atoms with Gasteiger partial charge in [-0.1, -0.05) is 13.3 Å². The van der Waals surface area contributed by atoms with Gasteiger partial charge in [0.25, 0.3) is 0 Å². The van der Waals surface area contributed by atoms with E-state index < -0.39 is 85.0 Å². The van der Waals surface area contributed by atoms with Crippen molar-refractivity contribution in [1.82, 2.24) is 0 Å². The average molecular weight is 473 g/mol. The topological polar surface area (TPSA) is 196 Å². The van der Waals surface area contributed by atoms with E-state index >= 15 is 0 Å². The Labute approximate surface area is 183 Å². The first kappa shape index (κ1) is 26.7. The van der Waals surface area contributed by atoms with E-state index in [1.54, 1.807) is 6.92 Å². The van der Waals surface area contributed by atoms with Crippen molar-refractivity contribution in [3.63, 3.8) is 0 Å². The molecule has 0 radical (unpaired) electrons. The van der Waals surface area contributed by atoms with Crippen molar-refractivity contribution in [1.29, 1.82) is 0 Å². The number of carboxylic acid groups (broad SMARTS) is 1. The molecule has 2 aliphatic rings. The van der Waals surface area contributed by atoms with Crippen molar-refractivity contribution < 1.29 is 59.5 Å². The maximum absolute atomic E-state index is 11.5. The van der Waals surface area contributed by atoms with Gasteiger partial charge in [-0.3, -0.25) is 4.79 Å². The van der Waals surface area contributed by atoms with Gasteiger partial charge in [-0.05, 0) is 6.42 Å². The van der Waals surface area contributed by atoms with E-state index in [0.29, 0.717) is 12.8 Å². The lowest BCUT2D eigenvalue weighted by Gasteiger charge is -2.46. The third-order valence-electron chi connectivity index (χ3n) is 5.31. The molecule has 0 aromatic carbocycles. The first-order chi connectivity index (χ1) is 14.7. The van der Waals surface area contributed by atoms with Crippen LogP contribution < -0.4 is 0 Å². The van der Waals surface area contributed by atoms with Crippen LogP contribution in [0.3, 0.4) is 0 Å². The number of hydrogen-bond acceptors (Lipinski definition) is 12. The van der Waals surface area contributed by atoms with Crippen LogP contribution in [0.5, 0.6) is 0 Å². The summed E-state index contributed by atoms with van der Waals surface area (Å²) in [5, 5.41) is 68.4. The molecule has 2 heterocycles. The number of aliphatic carboxylic acids is 1. The second kappa shape index (κ2) is 12.0. The van der Waals surface area contributed by atoms with Crippen LogP contribution in [-0.2, 0) is 23.7 Å². The normalized spacial score (nSPS) is 42.3.